The van der Waals surface area contributed by atoms with Crippen LogP contribution in [0.5, 0.6) is 0 Å². The van der Waals surface area contributed by atoms with Crippen LogP contribution in [-0.4, -0.2) is 11.5 Å². The number of pyridine rings is 1. The highest BCUT2D eigenvalue weighted by molar-refractivity contribution is 5.15. The van der Waals surface area contributed by atoms with Crippen LogP contribution in [-0.2, 0) is 0 Å². The molecule has 0 saturated carbocycles. The van der Waals surface area contributed by atoms with Crippen LogP contribution in [0.15, 0.2) is 18.3 Å². The largest absolute Gasteiger partial charge is 0.310 e. The number of aromatic nitrogens is 1. The van der Waals surface area contributed by atoms with Crippen LogP contribution in [0.4, 0.5) is 4.39 Å². The maximum absolute atomic E-state index is 12.4. The fourth-order valence-corrected chi connectivity index (χ4v) is 1.56. The van der Waals surface area contributed by atoms with Crippen LogP contribution in [0.3, 0.4) is 0 Å². The molecule has 1 aromatic heterocycles. The summed E-state index contributed by atoms with van der Waals surface area (Å²) in [5.41, 5.74) is 1.09. The van der Waals surface area contributed by atoms with Gasteiger partial charge in [-0.1, -0.05) is 6.07 Å². The van der Waals surface area contributed by atoms with Crippen molar-refractivity contribution >= 4 is 0 Å². The van der Waals surface area contributed by atoms with Crippen LogP contribution in [0.2, 0.25) is 0 Å². The molecule has 12 heavy (non-hydrogen) atoms. The van der Waals surface area contributed by atoms with Crippen molar-refractivity contribution in [3.63, 3.8) is 0 Å². The summed E-state index contributed by atoms with van der Waals surface area (Å²) in [5.74, 6) is -0.406. The molecule has 0 amide bonds. The molecule has 2 nitrogen and oxygen atoms in total. The van der Waals surface area contributed by atoms with E-state index in [1.165, 1.54) is 12.5 Å². The number of nitrogens with one attached hydrogen (secondary N) is 1. The Hall–Kier alpha value is -0.960. The highest BCUT2D eigenvalue weighted by Gasteiger charge is 2.15. The first kappa shape index (κ1) is 7.68. The third-order valence-corrected chi connectivity index (χ3v) is 2.21. The molecule has 2 rings (SSSR count). The Morgan fingerprint density at radius 1 is 1.50 bits per heavy atom. The summed E-state index contributed by atoms with van der Waals surface area (Å²) < 4.78 is 12.4. The lowest BCUT2D eigenvalue weighted by Gasteiger charge is -2.08. The fourth-order valence-electron chi connectivity index (χ4n) is 1.56. The lowest BCUT2D eigenvalue weighted by Crippen LogP contribution is -2.12. The van der Waals surface area contributed by atoms with E-state index < -0.39 is 5.95 Å². The molecule has 0 bridgehead atoms. The Kier molecular flexibility index (Phi) is 2.04. The van der Waals surface area contributed by atoms with Gasteiger partial charge in [-0.25, -0.2) is 4.98 Å². The maximum Gasteiger partial charge on any atom is 0.212 e. The molecule has 2 heterocycles. The number of hydrogen-bond donors (Lipinski definition) is 1. The average molecular weight is 166 g/mol. The van der Waals surface area contributed by atoms with E-state index in [1.54, 1.807) is 12.3 Å². The summed E-state index contributed by atoms with van der Waals surface area (Å²) in [6, 6.07) is 3.60. The predicted octanol–water partition coefficient (Wildman–Crippen LogP) is 1.65. The molecule has 1 aliphatic heterocycles. The van der Waals surface area contributed by atoms with Gasteiger partial charge < -0.3 is 5.32 Å². The van der Waals surface area contributed by atoms with Gasteiger partial charge in [0.15, 0.2) is 0 Å². The third-order valence-electron chi connectivity index (χ3n) is 2.21. The number of nitrogens with zero attached hydrogens (tertiary/aromatic N) is 1. The topological polar surface area (TPSA) is 24.9 Å². The normalized spacial score (nSPS) is 22.9. The maximum atomic E-state index is 12.4. The second-order valence-electron chi connectivity index (χ2n) is 3.06. The van der Waals surface area contributed by atoms with Crippen LogP contribution in [0, 0.1) is 5.95 Å². The molecule has 1 aromatic rings. The lowest BCUT2D eigenvalue weighted by molar-refractivity contribution is 0.575. The minimum atomic E-state index is -0.406. The van der Waals surface area contributed by atoms with Gasteiger partial charge in [-0.2, -0.15) is 4.39 Å². The predicted molar refractivity (Wildman–Crippen MR) is 44.2 cm³/mol. The van der Waals surface area contributed by atoms with Crippen molar-refractivity contribution in [2.75, 3.05) is 6.54 Å². The molecule has 0 aliphatic carbocycles. The summed E-state index contributed by atoms with van der Waals surface area (Å²) in [4.78, 5) is 3.62. The Morgan fingerprint density at radius 3 is 3.00 bits per heavy atom. The van der Waals surface area contributed by atoms with Gasteiger partial charge in [0.1, 0.15) is 0 Å². The molecule has 3 heteroatoms. The van der Waals surface area contributed by atoms with Crippen LogP contribution < -0.4 is 5.32 Å². The Labute approximate surface area is 70.8 Å². The van der Waals surface area contributed by atoms with Gasteiger partial charge in [-0.3, -0.25) is 0 Å². The molecule has 0 aromatic carbocycles. The molecule has 0 radical (unpaired) electrons. The minimum Gasteiger partial charge on any atom is -0.310 e. The van der Waals surface area contributed by atoms with Crippen molar-refractivity contribution < 1.29 is 4.39 Å². The fraction of sp³-hybridized carbons (Fsp3) is 0.444. The van der Waals surface area contributed by atoms with Crippen molar-refractivity contribution in [1.82, 2.24) is 10.3 Å². The molecular formula is C9H11FN2. The summed E-state index contributed by atoms with van der Waals surface area (Å²) >= 11 is 0. The van der Waals surface area contributed by atoms with Crippen molar-refractivity contribution in [1.29, 1.82) is 0 Å². The van der Waals surface area contributed by atoms with E-state index in [2.05, 4.69) is 10.3 Å². The van der Waals surface area contributed by atoms with Gasteiger partial charge in [0.2, 0.25) is 5.95 Å². The Bertz CT molecular complexity index is 252. The Morgan fingerprint density at radius 2 is 2.42 bits per heavy atom. The molecule has 1 atom stereocenters. The van der Waals surface area contributed by atoms with Crippen LogP contribution >= 0.6 is 0 Å². The Balaban J connectivity index is 2.17. The number of halogens is 1. The monoisotopic (exact) mass is 166 g/mol. The molecule has 1 saturated heterocycles. The summed E-state index contributed by atoms with van der Waals surface area (Å²) in [6.07, 6.45) is 3.94. The van der Waals surface area contributed by atoms with E-state index in [-0.39, 0.29) is 0 Å². The first-order chi connectivity index (χ1) is 5.86. The van der Waals surface area contributed by atoms with Crippen LogP contribution in [0.25, 0.3) is 0 Å². The van der Waals surface area contributed by atoms with E-state index in [4.69, 9.17) is 0 Å². The van der Waals surface area contributed by atoms with Gasteiger partial charge in [-0.15, -0.1) is 0 Å². The quantitative estimate of drug-likeness (QED) is 0.641. The summed E-state index contributed by atoms with van der Waals surface area (Å²) in [7, 11) is 0. The molecule has 1 fully saturated rings. The molecule has 64 valence electrons. The van der Waals surface area contributed by atoms with E-state index >= 15 is 0 Å². The van der Waals surface area contributed by atoms with Gasteiger partial charge in [-0.05, 0) is 31.0 Å². The smallest absolute Gasteiger partial charge is 0.212 e. The number of rotatable bonds is 1. The third kappa shape index (κ3) is 1.46. The van der Waals surface area contributed by atoms with Crippen molar-refractivity contribution in [2.45, 2.75) is 18.9 Å². The van der Waals surface area contributed by atoms with Crippen molar-refractivity contribution in [3.8, 4) is 0 Å². The van der Waals surface area contributed by atoms with Gasteiger partial charge in [0.25, 0.3) is 0 Å². The van der Waals surface area contributed by atoms with Gasteiger partial charge in [0.05, 0.1) is 0 Å². The first-order valence-electron chi connectivity index (χ1n) is 4.21. The van der Waals surface area contributed by atoms with E-state index in [1.807, 2.05) is 0 Å². The standard InChI is InChI=1S/C9H11FN2/c10-9-4-3-7(6-12-9)8-2-1-5-11-8/h3-4,6,8,11H,1-2,5H2. The molecule has 1 N–H and O–H groups in total. The highest BCUT2D eigenvalue weighted by atomic mass is 19.1. The molecule has 1 aliphatic rings. The van der Waals surface area contributed by atoms with Gasteiger partial charge >= 0.3 is 0 Å². The summed E-state index contributed by atoms with van der Waals surface area (Å²) in [6.45, 7) is 1.06. The summed E-state index contributed by atoms with van der Waals surface area (Å²) in [5, 5.41) is 3.33. The zero-order chi connectivity index (χ0) is 8.39. The second kappa shape index (κ2) is 3.19. The molecule has 1 unspecified atom stereocenters. The van der Waals surface area contributed by atoms with Crippen LogP contribution in [0.1, 0.15) is 24.4 Å². The van der Waals surface area contributed by atoms with Crippen molar-refractivity contribution in [3.05, 3.63) is 29.8 Å². The number of hydrogen-bond acceptors (Lipinski definition) is 2. The molecular weight excluding hydrogens is 155 g/mol. The SMILES string of the molecule is Fc1ccc(C2CCCN2)cn1. The van der Waals surface area contributed by atoms with E-state index in [9.17, 15) is 4.39 Å². The highest BCUT2D eigenvalue weighted by Crippen LogP contribution is 2.21. The zero-order valence-corrected chi connectivity index (χ0v) is 6.76. The molecule has 0 spiro atoms. The first-order valence-corrected chi connectivity index (χ1v) is 4.21. The lowest BCUT2D eigenvalue weighted by atomic mass is 10.1. The van der Waals surface area contributed by atoms with E-state index in [0.29, 0.717) is 6.04 Å². The van der Waals surface area contributed by atoms with Crippen molar-refractivity contribution in [2.24, 2.45) is 0 Å². The second-order valence-corrected chi connectivity index (χ2v) is 3.06. The van der Waals surface area contributed by atoms with E-state index in [0.717, 1.165) is 18.5 Å². The minimum absolute atomic E-state index is 0.387. The average Bonchev–Trinajstić information content (AvgIpc) is 2.58. The van der Waals surface area contributed by atoms with Gasteiger partial charge in [0, 0.05) is 12.2 Å². The zero-order valence-electron chi connectivity index (χ0n) is 6.76.